The lowest BCUT2D eigenvalue weighted by Gasteiger charge is -2.13. The van der Waals surface area contributed by atoms with Crippen LogP contribution in [-0.4, -0.2) is 27.4 Å². The van der Waals surface area contributed by atoms with Gasteiger partial charge in [-0.1, -0.05) is 25.3 Å². The Labute approximate surface area is 156 Å². The molecule has 27 heavy (non-hydrogen) atoms. The van der Waals surface area contributed by atoms with Crippen molar-refractivity contribution >= 4 is 21.9 Å². The van der Waals surface area contributed by atoms with E-state index in [0.29, 0.717) is 44.9 Å². The second kappa shape index (κ2) is 7.86. The van der Waals surface area contributed by atoms with Crippen LogP contribution in [0.15, 0.2) is 58.8 Å². The van der Waals surface area contributed by atoms with Gasteiger partial charge in [0.25, 0.3) is 0 Å². The van der Waals surface area contributed by atoms with Gasteiger partial charge in [-0.2, -0.15) is 0 Å². The SMILES string of the molecule is C=CCOc1cc2c(=O)c3c(OCC=C)cc(OC)cc3oc2cc1OC. The maximum atomic E-state index is 13.2. The minimum absolute atomic E-state index is 0.237. The summed E-state index contributed by atoms with van der Waals surface area (Å²) >= 11 is 0. The van der Waals surface area contributed by atoms with Crippen molar-refractivity contribution in [3.63, 3.8) is 0 Å². The molecule has 0 unspecified atom stereocenters. The standard InChI is InChI=1S/C21H20O6/c1-5-7-25-17-11-14-15(12-16(17)24-4)27-19-10-13(23-3)9-18(26-8-6-2)20(19)21(14)22/h5-6,9-12H,1-2,7-8H2,3-4H3. The van der Waals surface area contributed by atoms with Gasteiger partial charge in [0.05, 0.1) is 19.6 Å². The summed E-state index contributed by atoms with van der Waals surface area (Å²) in [5, 5.41) is 0.681. The van der Waals surface area contributed by atoms with Crippen LogP contribution in [0.3, 0.4) is 0 Å². The highest BCUT2D eigenvalue weighted by Gasteiger charge is 2.17. The molecule has 0 saturated heterocycles. The smallest absolute Gasteiger partial charge is 0.204 e. The molecule has 0 radical (unpaired) electrons. The number of hydrogen-bond acceptors (Lipinski definition) is 6. The molecule has 0 atom stereocenters. The van der Waals surface area contributed by atoms with Gasteiger partial charge in [-0.25, -0.2) is 0 Å². The van der Waals surface area contributed by atoms with E-state index in [2.05, 4.69) is 13.2 Å². The van der Waals surface area contributed by atoms with Crippen LogP contribution < -0.4 is 24.4 Å². The summed E-state index contributed by atoms with van der Waals surface area (Å²) in [7, 11) is 3.05. The first-order chi connectivity index (χ1) is 13.1. The molecule has 0 amide bonds. The molecule has 1 aromatic heterocycles. The first-order valence-corrected chi connectivity index (χ1v) is 8.27. The fourth-order valence-electron chi connectivity index (χ4n) is 2.73. The molecule has 0 aliphatic carbocycles. The van der Waals surface area contributed by atoms with Crippen molar-refractivity contribution < 1.29 is 23.4 Å². The van der Waals surface area contributed by atoms with Gasteiger partial charge in [0.2, 0.25) is 5.43 Å². The van der Waals surface area contributed by atoms with E-state index < -0.39 is 0 Å². The van der Waals surface area contributed by atoms with Gasteiger partial charge in [0, 0.05) is 18.2 Å². The summed E-state index contributed by atoms with van der Waals surface area (Å²) in [5.41, 5.74) is 0.491. The van der Waals surface area contributed by atoms with Gasteiger partial charge >= 0.3 is 0 Å². The minimum atomic E-state index is -0.237. The molecule has 1 heterocycles. The number of ether oxygens (including phenoxy) is 4. The molecular weight excluding hydrogens is 348 g/mol. The van der Waals surface area contributed by atoms with Gasteiger partial charge in [-0.3, -0.25) is 4.79 Å². The molecule has 6 nitrogen and oxygen atoms in total. The fraction of sp³-hybridized carbons (Fsp3) is 0.190. The second-order valence-corrected chi connectivity index (χ2v) is 5.63. The topological polar surface area (TPSA) is 67.1 Å². The van der Waals surface area contributed by atoms with E-state index >= 15 is 0 Å². The van der Waals surface area contributed by atoms with Crippen LogP contribution >= 0.6 is 0 Å². The number of methoxy groups -OCH3 is 2. The Morgan fingerprint density at radius 3 is 2.22 bits per heavy atom. The van der Waals surface area contributed by atoms with Crippen LogP contribution in [0.2, 0.25) is 0 Å². The van der Waals surface area contributed by atoms with Crippen molar-refractivity contribution in [1.29, 1.82) is 0 Å². The molecule has 0 bridgehead atoms. The molecule has 6 heteroatoms. The van der Waals surface area contributed by atoms with Crippen LogP contribution in [0.25, 0.3) is 21.9 Å². The van der Waals surface area contributed by atoms with Gasteiger partial charge in [0.1, 0.15) is 41.3 Å². The lowest BCUT2D eigenvalue weighted by molar-refractivity contribution is 0.327. The van der Waals surface area contributed by atoms with E-state index in [4.69, 9.17) is 23.4 Å². The van der Waals surface area contributed by atoms with Gasteiger partial charge in [-0.15, -0.1) is 0 Å². The first kappa shape index (κ1) is 18.4. The zero-order valence-corrected chi connectivity index (χ0v) is 15.2. The summed E-state index contributed by atoms with van der Waals surface area (Å²) < 4.78 is 27.8. The van der Waals surface area contributed by atoms with Crippen LogP contribution in [0, 0.1) is 0 Å². The Bertz CT molecular complexity index is 1060. The number of rotatable bonds is 8. The third-order valence-electron chi connectivity index (χ3n) is 3.95. The largest absolute Gasteiger partial charge is 0.496 e. The van der Waals surface area contributed by atoms with E-state index in [9.17, 15) is 4.79 Å². The predicted octanol–water partition coefficient (Wildman–Crippen LogP) is 4.09. The Kier molecular flexibility index (Phi) is 5.35. The second-order valence-electron chi connectivity index (χ2n) is 5.63. The number of fused-ring (bicyclic) bond motifs is 2. The Morgan fingerprint density at radius 1 is 0.889 bits per heavy atom. The average Bonchev–Trinajstić information content (AvgIpc) is 2.69. The number of hydrogen-bond donors (Lipinski definition) is 0. The van der Waals surface area contributed by atoms with Crippen molar-refractivity contribution in [3.8, 4) is 23.0 Å². The normalized spacial score (nSPS) is 10.6. The summed E-state index contributed by atoms with van der Waals surface area (Å²) in [6.07, 6.45) is 3.21. The minimum Gasteiger partial charge on any atom is -0.496 e. The van der Waals surface area contributed by atoms with Gasteiger partial charge in [0.15, 0.2) is 11.5 Å². The molecule has 3 rings (SSSR count). The summed E-state index contributed by atoms with van der Waals surface area (Å²) in [6, 6.07) is 6.52. The van der Waals surface area contributed by atoms with E-state index in [-0.39, 0.29) is 18.6 Å². The molecule has 0 fully saturated rings. The number of benzene rings is 2. The van der Waals surface area contributed by atoms with Crippen LogP contribution in [0.5, 0.6) is 23.0 Å². The Balaban J connectivity index is 2.32. The van der Waals surface area contributed by atoms with Crippen molar-refractivity contribution in [3.05, 3.63) is 59.8 Å². The maximum absolute atomic E-state index is 13.2. The quantitative estimate of drug-likeness (QED) is 0.441. The summed E-state index contributed by atoms with van der Waals surface area (Å²) in [4.78, 5) is 13.2. The summed E-state index contributed by atoms with van der Waals surface area (Å²) in [6.45, 7) is 7.79. The zero-order chi connectivity index (χ0) is 19.4. The molecular formula is C21H20O6. The molecule has 0 spiro atoms. The van der Waals surface area contributed by atoms with E-state index in [0.717, 1.165) is 0 Å². The monoisotopic (exact) mass is 368 g/mol. The predicted molar refractivity (Wildman–Crippen MR) is 104 cm³/mol. The van der Waals surface area contributed by atoms with Gasteiger partial charge < -0.3 is 23.4 Å². The fourth-order valence-corrected chi connectivity index (χ4v) is 2.73. The third-order valence-corrected chi connectivity index (χ3v) is 3.95. The molecule has 140 valence electrons. The summed E-state index contributed by atoms with van der Waals surface area (Å²) in [5.74, 6) is 1.77. The lowest BCUT2D eigenvalue weighted by atomic mass is 10.1. The highest BCUT2D eigenvalue weighted by Crippen LogP contribution is 2.35. The van der Waals surface area contributed by atoms with E-state index in [1.165, 1.54) is 14.2 Å². The van der Waals surface area contributed by atoms with Crippen LogP contribution in [0.4, 0.5) is 0 Å². The van der Waals surface area contributed by atoms with Crippen LogP contribution in [-0.2, 0) is 0 Å². The lowest BCUT2D eigenvalue weighted by Crippen LogP contribution is -2.07. The molecule has 0 aliphatic rings. The highest BCUT2D eigenvalue weighted by molar-refractivity contribution is 5.95. The van der Waals surface area contributed by atoms with Crippen molar-refractivity contribution in [1.82, 2.24) is 0 Å². The van der Waals surface area contributed by atoms with E-state index in [1.807, 2.05) is 0 Å². The molecule has 3 aromatic rings. The van der Waals surface area contributed by atoms with Gasteiger partial charge in [-0.05, 0) is 6.07 Å². The Hall–Kier alpha value is -3.41. The highest BCUT2D eigenvalue weighted by atomic mass is 16.5. The molecule has 0 N–H and O–H groups in total. The maximum Gasteiger partial charge on any atom is 0.204 e. The molecule has 0 aliphatic heterocycles. The van der Waals surface area contributed by atoms with Crippen molar-refractivity contribution in [2.75, 3.05) is 27.4 Å². The Morgan fingerprint density at radius 2 is 1.59 bits per heavy atom. The van der Waals surface area contributed by atoms with Crippen molar-refractivity contribution in [2.45, 2.75) is 0 Å². The van der Waals surface area contributed by atoms with Crippen molar-refractivity contribution in [2.24, 2.45) is 0 Å². The van der Waals surface area contributed by atoms with E-state index in [1.54, 1.807) is 36.4 Å². The molecule has 0 saturated carbocycles. The third kappa shape index (κ3) is 3.46. The first-order valence-electron chi connectivity index (χ1n) is 8.27. The van der Waals surface area contributed by atoms with Crippen LogP contribution in [0.1, 0.15) is 0 Å². The molecule has 2 aromatic carbocycles. The average molecular weight is 368 g/mol. The zero-order valence-electron chi connectivity index (χ0n) is 15.2.